The van der Waals surface area contributed by atoms with E-state index >= 15 is 0 Å². The average Bonchev–Trinajstić information content (AvgIpc) is 3.41. The number of halogens is 2. The number of carbonyl (C=O) groups excluding carboxylic acids is 4. The largest absolute Gasteiger partial charge is 0.371 e. The number of sulfonamides is 1. The Morgan fingerprint density at radius 3 is 2.18 bits per heavy atom. The van der Waals surface area contributed by atoms with Gasteiger partial charge in [-0.15, -0.1) is 0 Å². The van der Waals surface area contributed by atoms with E-state index in [0.717, 1.165) is 22.5 Å². The number of piperidine rings is 1. The number of hydrogen-bond acceptors (Lipinski definition) is 7. The summed E-state index contributed by atoms with van der Waals surface area (Å²) < 4.78 is 59.4. The standard InChI is InChI=1S/C39H62F2N6O7S/c1-37(2,3)28(21-46(9)55(10,52)53)44-36(51)45-32(38(4,5)6)35(50)47-20-24-30(39(24,7)8)31(47)34(49)43-26(19-29(40)41)33(48)42-25-17-14-18-27(25)54-22-23-15-12-11-13-16-23/h11-13,15-16,24-32H,14,17-22H2,1-10H3,(H,42,48)(H,43,49)(H2,44,45,51)/t24-,25+,26-,27+,28+,30-,31-,32+/m0/s1. The van der Waals surface area contributed by atoms with Gasteiger partial charge >= 0.3 is 6.03 Å². The molecule has 1 aliphatic heterocycles. The second-order valence-corrected chi connectivity index (χ2v) is 20.4. The number of nitrogens with zero attached hydrogens (tertiary/aromatic N) is 2. The van der Waals surface area contributed by atoms with Crippen LogP contribution < -0.4 is 21.3 Å². The highest BCUT2D eigenvalue weighted by Gasteiger charge is 2.70. The predicted octanol–water partition coefficient (Wildman–Crippen LogP) is 3.88. The van der Waals surface area contributed by atoms with E-state index in [1.165, 1.54) is 11.9 Å². The Bertz CT molecular complexity index is 1650. The molecule has 16 heteroatoms. The predicted molar refractivity (Wildman–Crippen MR) is 205 cm³/mol. The van der Waals surface area contributed by atoms with Crippen LogP contribution in [-0.2, 0) is 35.8 Å². The van der Waals surface area contributed by atoms with Crippen LogP contribution in [0.4, 0.5) is 13.6 Å². The molecule has 0 aromatic heterocycles. The number of fused-ring (bicyclic) bond motifs is 1. The summed E-state index contributed by atoms with van der Waals surface area (Å²) >= 11 is 0. The van der Waals surface area contributed by atoms with Crippen molar-refractivity contribution in [2.24, 2.45) is 28.1 Å². The number of urea groups is 1. The molecule has 1 aromatic rings. The van der Waals surface area contributed by atoms with Gasteiger partial charge in [0.15, 0.2) is 0 Å². The summed E-state index contributed by atoms with van der Waals surface area (Å²) in [4.78, 5) is 57.2. The third kappa shape index (κ3) is 11.1. The van der Waals surface area contributed by atoms with E-state index in [2.05, 4.69) is 21.3 Å². The average molecular weight is 797 g/mol. The van der Waals surface area contributed by atoms with Crippen LogP contribution in [0.25, 0.3) is 0 Å². The number of amides is 5. The van der Waals surface area contributed by atoms with Crippen molar-refractivity contribution in [3.8, 4) is 0 Å². The molecule has 5 amide bonds. The van der Waals surface area contributed by atoms with Gasteiger partial charge in [-0.05, 0) is 52.9 Å². The van der Waals surface area contributed by atoms with Crippen LogP contribution in [0.15, 0.2) is 30.3 Å². The lowest BCUT2D eigenvalue weighted by molar-refractivity contribution is -0.144. The topological polar surface area (TPSA) is 166 Å². The summed E-state index contributed by atoms with van der Waals surface area (Å²) in [6, 6.07) is 4.10. The van der Waals surface area contributed by atoms with Crippen molar-refractivity contribution in [1.82, 2.24) is 30.5 Å². The van der Waals surface area contributed by atoms with Gasteiger partial charge in [0.1, 0.15) is 18.1 Å². The molecule has 0 spiro atoms. The second kappa shape index (κ2) is 17.0. The molecule has 1 heterocycles. The first-order valence-electron chi connectivity index (χ1n) is 19.2. The van der Waals surface area contributed by atoms with Crippen molar-refractivity contribution in [2.45, 2.75) is 130 Å². The molecule has 3 aliphatic rings. The normalized spacial score (nSPS) is 25.2. The molecule has 2 saturated carbocycles. The Kier molecular flexibility index (Phi) is 13.7. The molecule has 0 radical (unpaired) electrons. The number of likely N-dealkylation sites (N-methyl/N-ethyl adjacent to an activating group) is 1. The van der Waals surface area contributed by atoms with Gasteiger partial charge in [0, 0.05) is 32.6 Å². The maximum Gasteiger partial charge on any atom is 0.315 e. The van der Waals surface area contributed by atoms with E-state index in [9.17, 15) is 36.4 Å². The molecule has 13 nitrogen and oxygen atoms in total. The molecule has 1 saturated heterocycles. The van der Waals surface area contributed by atoms with Crippen molar-refractivity contribution >= 4 is 33.8 Å². The van der Waals surface area contributed by atoms with Crippen molar-refractivity contribution in [3.63, 3.8) is 0 Å². The Balaban J connectivity index is 1.49. The van der Waals surface area contributed by atoms with Crippen LogP contribution in [0.5, 0.6) is 0 Å². The second-order valence-electron chi connectivity index (χ2n) is 18.3. The lowest BCUT2D eigenvalue weighted by atomic mass is 9.85. The number of benzene rings is 1. The molecule has 0 unspecified atom stereocenters. The summed E-state index contributed by atoms with van der Waals surface area (Å²) in [5.41, 5.74) is -0.746. The minimum Gasteiger partial charge on any atom is -0.371 e. The molecule has 0 bridgehead atoms. The number of alkyl halides is 2. The quantitative estimate of drug-likeness (QED) is 0.209. The number of likely N-dealkylation sites (tertiary alicyclic amines) is 1. The van der Waals surface area contributed by atoms with Crippen LogP contribution in [-0.4, -0.2) is 111 Å². The third-order valence-corrected chi connectivity index (χ3v) is 12.9. The highest BCUT2D eigenvalue weighted by Crippen LogP contribution is 2.65. The number of ether oxygens (including phenoxy) is 1. The Morgan fingerprint density at radius 1 is 0.982 bits per heavy atom. The summed E-state index contributed by atoms with van der Waals surface area (Å²) in [6.45, 7) is 15.4. The lowest BCUT2D eigenvalue weighted by Gasteiger charge is -2.39. The molecule has 2 aliphatic carbocycles. The van der Waals surface area contributed by atoms with E-state index in [1.54, 1.807) is 20.8 Å². The van der Waals surface area contributed by atoms with Gasteiger partial charge in [-0.25, -0.2) is 26.3 Å². The minimum absolute atomic E-state index is 0.00776. The van der Waals surface area contributed by atoms with Gasteiger partial charge in [-0.1, -0.05) is 85.7 Å². The van der Waals surface area contributed by atoms with Crippen LogP contribution in [0.2, 0.25) is 0 Å². The first-order chi connectivity index (χ1) is 25.3. The van der Waals surface area contributed by atoms with Crippen LogP contribution in [0, 0.1) is 28.1 Å². The van der Waals surface area contributed by atoms with Gasteiger partial charge < -0.3 is 30.9 Å². The van der Waals surface area contributed by atoms with Gasteiger partial charge in [-0.3, -0.25) is 14.4 Å². The zero-order valence-corrected chi connectivity index (χ0v) is 34.8. The Hall–Kier alpha value is -3.37. The molecular formula is C39H62F2N6O7S. The van der Waals surface area contributed by atoms with Gasteiger partial charge in [0.2, 0.25) is 34.2 Å². The van der Waals surface area contributed by atoms with E-state index in [-0.39, 0.29) is 36.4 Å². The zero-order chi connectivity index (χ0) is 41.3. The maximum atomic E-state index is 14.4. The Labute approximate surface area is 325 Å². The fraction of sp³-hybridized carbons (Fsp3) is 0.744. The fourth-order valence-electron chi connectivity index (χ4n) is 7.91. The molecule has 310 valence electrons. The first-order valence-corrected chi connectivity index (χ1v) is 21.0. The van der Waals surface area contributed by atoms with E-state index in [0.29, 0.717) is 19.4 Å². The Morgan fingerprint density at radius 2 is 1.62 bits per heavy atom. The molecule has 4 rings (SSSR count). The van der Waals surface area contributed by atoms with Crippen LogP contribution in [0.3, 0.4) is 0 Å². The van der Waals surface area contributed by atoms with E-state index in [4.69, 9.17) is 4.74 Å². The molecule has 1 aromatic carbocycles. The van der Waals surface area contributed by atoms with Crippen molar-refractivity contribution < 1.29 is 41.1 Å². The van der Waals surface area contributed by atoms with E-state index < -0.39 is 87.7 Å². The number of nitrogens with one attached hydrogen (secondary N) is 4. The summed E-state index contributed by atoms with van der Waals surface area (Å²) in [5, 5.41) is 11.1. The van der Waals surface area contributed by atoms with Crippen molar-refractivity contribution in [2.75, 3.05) is 26.4 Å². The minimum atomic E-state index is -3.54. The summed E-state index contributed by atoms with van der Waals surface area (Å²) in [7, 11) is -2.12. The van der Waals surface area contributed by atoms with Gasteiger partial charge in [0.05, 0.1) is 25.0 Å². The molecule has 55 heavy (non-hydrogen) atoms. The fourth-order valence-corrected chi connectivity index (χ4v) is 8.33. The molecule has 4 N–H and O–H groups in total. The summed E-state index contributed by atoms with van der Waals surface area (Å²) in [6.07, 6.45) is -0.970. The molecular weight excluding hydrogens is 735 g/mol. The van der Waals surface area contributed by atoms with Crippen molar-refractivity contribution in [3.05, 3.63) is 35.9 Å². The van der Waals surface area contributed by atoms with Gasteiger partial charge in [-0.2, -0.15) is 0 Å². The van der Waals surface area contributed by atoms with E-state index in [1.807, 2.05) is 65.0 Å². The van der Waals surface area contributed by atoms with Crippen molar-refractivity contribution in [1.29, 1.82) is 0 Å². The lowest BCUT2D eigenvalue weighted by Crippen LogP contribution is -2.63. The van der Waals surface area contributed by atoms with Crippen LogP contribution >= 0.6 is 0 Å². The monoisotopic (exact) mass is 796 g/mol. The molecule has 8 atom stereocenters. The highest BCUT2D eigenvalue weighted by atomic mass is 32.2. The third-order valence-electron chi connectivity index (χ3n) is 11.6. The SMILES string of the molecule is CN(C[C@@H](NC(=O)N[C@H](C(=O)N1C[C@H]2[C@@H]([C@H]1C(=O)N[C@@H](CC(F)F)C(=O)N[C@@H]1CCC[C@H]1OCc1ccccc1)C2(C)C)C(C)(C)C)C(C)(C)C)S(C)(=O)=O. The van der Waals surface area contributed by atoms with Crippen LogP contribution in [0.1, 0.15) is 86.6 Å². The number of hydrogen-bond donors (Lipinski definition) is 4. The smallest absolute Gasteiger partial charge is 0.315 e. The summed E-state index contributed by atoms with van der Waals surface area (Å²) in [5.74, 6) is -2.31. The zero-order valence-electron chi connectivity index (χ0n) is 33.9. The highest BCUT2D eigenvalue weighted by molar-refractivity contribution is 7.88. The van der Waals surface area contributed by atoms with Gasteiger partial charge in [0.25, 0.3) is 0 Å². The first kappa shape index (κ1) is 44.3. The maximum absolute atomic E-state index is 14.4. The molecule has 3 fully saturated rings. The number of carbonyl (C=O) groups is 4. The number of rotatable bonds is 15.